The summed E-state index contributed by atoms with van der Waals surface area (Å²) in [5.74, 6) is 2.49. The molecule has 0 radical (unpaired) electrons. The molecular weight excluding hydrogens is 196 g/mol. The van der Waals surface area contributed by atoms with Crippen molar-refractivity contribution in [2.45, 2.75) is 47.1 Å². The molecule has 1 heterocycles. The predicted molar refractivity (Wildman–Crippen MR) is 71.7 cm³/mol. The van der Waals surface area contributed by atoms with Crippen molar-refractivity contribution < 1.29 is 0 Å². The summed E-state index contributed by atoms with van der Waals surface area (Å²) in [5.41, 5.74) is 0. The molecule has 1 rings (SSSR count). The molecule has 0 aromatic rings. The van der Waals surface area contributed by atoms with Gasteiger partial charge in [0.1, 0.15) is 0 Å². The van der Waals surface area contributed by atoms with E-state index in [1.807, 2.05) is 0 Å². The van der Waals surface area contributed by atoms with Gasteiger partial charge in [0.15, 0.2) is 0 Å². The first kappa shape index (κ1) is 14.0. The summed E-state index contributed by atoms with van der Waals surface area (Å²) < 4.78 is 0. The van der Waals surface area contributed by atoms with E-state index in [2.05, 4.69) is 44.8 Å². The van der Waals surface area contributed by atoms with Crippen LogP contribution in [0.5, 0.6) is 0 Å². The summed E-state index contributed by atoms with van der Waals surface area (Å²) in [6.07, 6.45) is 1.41. The Kier molecular flexibility index (Phi) is 5.77. The molecule has 96 valence electrons. The Labute approximate surface area is 102 Å². The van der Waals surface area contributed by atoms with E-state index in [-0.39, 0.29) is 0 Å². The van der Waals surface area contributed by atoms with Gasteiger partial charge in [0, 0.05) is 19.1 Å². The quantitative estimate of drug-likeness (QED) is 0.775. The van der Waals surface area contributed by atoms with Crippen molar-refractivity contribution in [1.29, 1.82) is 0 Å². The Morgan fingerprint density at radius 1 is 1.19 bits per heavy atom. The lowest BCUT2D eigenvalue weighted by atomic mass is 9.89. The molecule has 4 atom stereocenters. The molecule has 0 aliphatic carbocycles. The summed E-state index contributed by atoms with van der Waals surface area (Å²) >= 11 is 0. The maximum absolute atomic E-state index is 3.46. The number of rotatable bonds is 5. The van der Waals surface area contributed by atoms with Gasteiger partial charge < -0.3 is 5.32 Å². The lowest BCUT2D eigenvalue weighted by molar-refractivity contribution is 0.0777. The molecular formula is C14H30N2. The van der Waals surface area contributed by atoms with Crippen LogP contribution in [0.4, 0.5) is 0 Å². The number of piperidine rings is 1. The van der Waals surface area contributed by atoms with Crippen molar-refractivity contribution in [2.75, 3.05) is 26.2 Å². The zero-order valence-corrected chi connectivity index (χ0v) is 11.8. The summed E-state index contributed by atoms with van der Waals surface area (Å²) in [4.78, 5) is 2.70. The highest BCUT2D eigenvalue weighted by atomic mass is 15.2. The highest BCUT2D eigenvalue weighted by Gasteiger charge is 2.27. The molecule has 1 aliphatic rings. The smallest absolute Gasteiger partial charge is 0.0105 e. The van der Waals surface area contributed by atoms with E-state index in [0.717, 1.165) is 30.8 Å². The normalized spacial score (nSPS) is 31.3. The van der Waals surface area contributed by atoms with Crippen molar-refractivity contribution in [3.05, 3.63) is 0 Å². The summed E-state index contributed by atoms with van der Waals surface area (Å²) in [7, 11) is 0. The van der Waals surface area contributed by atoms with E-state index in [9.17, 15) is 0 Å². The van der Waals surface area contributed by atoms with Crippen LogP contribution < -0.4 is 5.32 Å². The molecule has 1 aliphatic heterocycles. The molecule has 1 saturated heterocycles. The van der Waals surface area contributed by atoms with E-state index in [1.165, 1.54) is 19.5 Å². The van der Waals surface area contributed by atoms with Gasteiger partial charge in [0.25, 0.3) is 0 Å². The third kappa shape index (κ3) is 4.06. The van der Waals surface area contributed by atoms with Crippen LogP contribution in [0.15, 0.2) is 0 Å². The van der Waals surface area contributed by atoms with Crippen LogP contribution in [0, 0.1) is 17.8 Å². The Hall–Kier alpha value is -0.0800. The number of nitrogens with zero attached hydrogens (tertiary/aromatic N) is 1. The molecule has 0 saturated carbocycles. The molecule has 1 fully saturated rings. The summed E-state index contributed by atoms with van der Waals surface area (Å²) in [6.45, 7) is 16.6. The van der Waals surface area contributed by atoms with Crippen LogP contribution in [0.25, 0.3) is 0 Å². The molecule has 0 amide bonds. The minimum Gasteiger partial charge on any atom is -0.317 e. The van der Waals surface area contributed by atoms with Crippen molar-refractivity contribution in [2.24, 2.45) is 17.8 Å². The summed E-state index contributed by atoms with van der Waals surface area (Å²) in [6, 6.07) is 0.712. The van der Waals surface area contributed by atoms with E-state index in [0.29, 0.717) is 6.04 Å². The SMILES string of the molecule is CCNCC(C)C(C)N1CC(C)CC(C)C1. The molecule has 1 N–H and O–H groups in total. The zero-order valence-electron chi connectivity index (χ0n) is 11.8. The average molecular weight is 226 g/mol. The fourth-order valence-electron chi connectivity index (χ4n) is 2.95. The van der Waals surface area contributed by atoms with Crippen molar-refractivity contribution in [3.63, 3.8) is 0 Å². The van der Waals surface area contributed by atoms with Gasteiger partial charge in [-0.3, -0.25) is 4.90 Å². The third-order valence-corrected chi connectivity index (χ3v) is 4.01. The fourth-order valence-corrected chi connectivity index (χ4v) is 2.95. The number of hydrogen-bond donors (Lipinski definition) is 1. The Bertz CT molecular complexity index is 183. The van der Waals surface area contributed by atoms with Gasteiger partial charge in [-0.1, -0.05) is 27.7 Å². The van der Waals surface area contributed by atoms with Crippen molar-refractivity contribution in [1.82, 2.24) is 10.2 Å². The third-order valence-electron chi connectivity index (χ3n) is 4.01. The van der Waals surface area contributed by atoms with Gasteiger partial charge in [0.2, 0.25) is 0 Å². The minimum atomic E-state index is 0.712. The molecule has 2 nitrogen and oxygen atoms in total. The van der Waals surface area contributed by atoms with Crippen LogP contribution >= 0.6 is 0 Å². The highest BCUT2D eigenvalue weighted by molar-refractivity contribution is 4.81. The van der Waals surface area contributed by atoms with Crippen LogP contribution in [-0.2, 0) is 0 Å². The van der Waals surface area contributed by atoms with Crippen LogP contribution in [0.2, 0.25) is 0 Å². The van der Waals surface area contributed by atoms with Gasteiger partial charge in [-0.25, -0.2) is 0 Å². The minimum absolute atomic E-state index is 0.712. The average Bonchev–Trinajstić information content (AvgIpc) is 2.23. The van der Waals surface area contributed by atoms with E-state index >= 15 is 0 Å². The Balaban J connectivity index is 2.42. The van der Waals surface area contributed by atoms with Gasteiger partial charge in [-0.2, -0.15) is 0 Å². The van der Waals surface area contributed by atoms with Crippen LogP contribution in [0.3, 0.4) is 0 Å². The zero-order chi connectivity index (χ0) is 12.1. The highest BCUT2D eigenvalue weighted by Crippen LogP contribution is 2.24. The van der Waals surface area contributed by atoms with E-state index < -0.39 is 0 Å². The largest absolute Gasteiger partial charge is 0.317 e. The second-order valence-corrected chi connectivity index (χ2v) is 5.93. The topological polar surface area (TPSA) is 15.3 Å². The summed E-state index contributed by atoms with van der Waals surface area (Å²) in [5, 5.41) is 3.46. The van der Waals surface area contributed by atoms with Crippen molar-refractivity contribution in [3.8, 4) is 0 Å². The lowest BCUT2D eigenvalue weighted by Gasteiger charge is -2.41. The first-order valence-electron chi connectivity index (χ1n) is 6.99. The molecule has 0 aromatic heterocycles. The van der Waals surface area contributed by atoms with Crippen LogP contribution in [0.1, 0.15) is 41.0 Å². The first-order chi connectivity index (χ1) is 7.54. The van der Waals surface area contributed by atoms with E-state index in [1.54, 1.807) is 0 Å². The fraction of sp³-hybridized carbons (Fsp3) is 1.00. The first-order valence-corrected chi connectivity index (χ1v) is 6.99. The molecule has 2 heteroatoms. The maximum atomic E-state index is 3.46. The molecule has 0 aromatic carbocycles. The Morgan fingerprint density at radius 2 is 1.75 bits per heavy atom. The van der Waals surface area contributed by atoms with Crippen LogP contribution in [-0.4, -0.2) is 37.1 Å². The second-order valence-electron chi connectivity index (χ2n) is 5.93. The van der Waals surface area contributed by atoms with Gasteiger partial charge in [0.05, 0.1) is 0 Å². The standard InChI is InChI=1S/C14H30N2/c1-6-15-8-13(4)14(5)16-9-11(2)7-12(3)10-16/h11-15H,6-10H2,1-5H3. The van der Waals surface area contributed by atoms with Gasteiger partial charge >= 0.3 is 0 Å². The number of hydrogen-bond acceptors (Lipinski definition) is 2. The van der Waals surface area contributed by atoms with Crippen molar-refractivity contribution >= 4 is 0 Å². The number of nitrogens with one attached hydrogen (secondary N) is 1. The molecule has 0 spiro atoms. The second kappa shape index (κ2) is 6.61. The van der Waals surface area contributed by atoms with E-state index in [4.69, 9.17) is 0 Å². The number of likely N-dealkylation sites (tertiary alicyclic amines) is 1. The van der Waals surface area contributed by atoms with Gasteiger partial charge in [-0.05, 0) is 44.2 Å². The molecule has 16 heavy (non-hydrogen) atoms. The maximum Gasteiger partial charge on any atom is 0.0105 e. The monoisotopic (exact) mass is 226 g/mol. The Morgan fingerprint density at radius 3 is 2.25 bits per heavy atom. The van der Waals surface area contributed by atoms with Gasteiger partial charge in [-0.15, -0.1) is 0 Å². The molecule has 4 unspecified atom stereocenters. The molecule has 0 bridgehead atoms. The predicted octanol–water partition coefficient (Wildman–Crippen LogP) is 2.60. The lowest BCUT2D eigenvalue weighted by Crippen LogP contribution is -2.48.